The van der Waals surface area contributed by atoms with Gasteiger partial charge in [0, 0.05) is 18.4 Å². The summed E-state index contributed by atoms with van der Waals surface area (Å²) in [4.78, 5) is 3.89. The van der Waals surface area contributed by atoms with Gasteiger partial charge in [0.25, 0.3) is 0 Å². The van der Waals surface area contributed by atoms with Crippen molar-refractivity contribution in [2.75, 3.05) is 5.75 Å². The van der Waals surface area contributed by atoms with Gasteiger partial charge in [-0.3, -0.25) is 0 Å². The number of fused-ring (bicyclic) bond motifs is 1. The number of thioether (sulfide) groups is 1. The molecule has 0 unspecified atom stereocenters. The van der Waals surface area contributed by atoms with Gasteiger partial charge in [0.1, 0.15) is 17.2 Å². The van der Waals surface area contributed by atoms with Gasteiger partial charge in [-0.05, 0) is 17.8 Å². The molecule has 0 atom stereocenters. The quantitative estimate of drug-likeness (QED) is 0.614. The van der Waals surface area contributed by atoms with Crippen molar-refractivity contribution in [3.8, 4) is 0 Å². The van der Waals surface area contributed by atoms with E-state index in [0.717, 1.165) is 6.07 Å². The number of imidazole rings is 1. The van der Waals surface area contributed by atoms with Gasteiger partial charge in [-0.1, -0.05) is 0 Å². The van der Waals surface area contributed by atoms with Crippen molar-refractivity contribution in [2.45, 2.75) is 17.9 Å². The topological polar surface area (TPSA) is 17.8 Å². The minimum atomic E-state index is -4.35. The number of benzene rings is 1. The lowest BCUT2D eigenvalue weighted by atomic mass is 10.3. The van der Waals surface area contributed by atoms with E-state index in [9.17, 15) is 22.0 Å². The maximum absolute atomic E-state index is 13.5. The van der Waals surface area contributed by atoms with Gasteiger partial charge < -0.3 is 4.57 Å². The fourth-order valence-corrected chi connectivity index (χ4v) is 2.51. The van der Waals surface area contributed by atoms with Crippen LogP contribution in [0.5, 0.6) is 0 Å². The predicted molar refractivity (Wildman–Crippen MR) is 67.7 cm³/mol. The summed E-state index contributed by atoms with van der Waals surface area (Å²) in [7, 11) is 0. The number of alkyl halides is 4. The van der Waals surface area contributed by atoms with Gasteiger partial charge in [-0.25, -0.2) is 13.8 Å². The van der Waals surface area contributed by atoms with E-state index >= 15 is 0 Å². The Balaban J connectivity index is 2.35. The Morgan fingerprint density at radius 2 is 1.95 bits per heavy atom. The summed E-state index contributed by atoms with van der Waals surface area (Å²) in [6, 6.07) is 1.70. The summed E-state index contributed by atoms with van der Waals surface area (Å²) in [6.45, 7) is -0.0916. The molecule has 2 aromatic rings. The standard InChI is InChI=1S/C11H8ClF5N2S/c12-5-9-18-10-7(14)3-6(13)4-8(10)19(9)1-2-20-11(15,16)17/h3-4H,1-2,5H2. The third-order valence-electron chi connectivity index (χ3n) is 2.55. The van der Waals surface area contributed by atoms with Crippen LogP contribution in [0.15, 0.2) is 12.1 Å². The molecule has 20 heavy (non-hydrogen) atoms. The Kier molecular flexibility index (Phi) is 4.43. The largest absolute Gasteiger partial charge is 0.441 e. The molecular formula is C11H8ClF5N2S. The maximum atomic E-state index is 13.5. The normalized spacial score (nSPS) is 12.3. The van der Waals surface area contributed by atoms with Crippen LogP contribution in [0.1, 0.15) is 5.82 Å². The number of halogens is 6. The van der Waals surface area contributed by atoms with Crippen LogP contribution >= 0.6 is 23.4 Å². The molecule has 0 radical (unpaired) electrons. The molecule has 2 nitrogen and oxygen atoms in total. The molecular weight excluding hydrogens is 323 g/mol. The molecule has 0 amide bonds. The second-order valence-corrected chi connectivity index (χ2v) is 5.29. The van der Waals surface area contributed by atoms with Crippen LogP contribution in [-0.4, -0.2) is 20.8 Å². The highest BCUT2D eigenvalue weighted by atomic mass is 35.5. The molecule has 1 aromatic heterocycles. The Morgan fingerprint density at radius 3 is 2.55 bits per heavy atom. The van der Waals surface area contributed by atoms with Crippen LogP contribution in [-0.2, 0) is 12.4 Å². The molecule has 0 aliphatic carbocycles. The Labute approximate surface area is 119 Å². The molecule has 110 valence electrons. The summed E-state index contributed by atoms with van der Waals surface area (Å²) in [6.07, 6.45) is 0. The lowest BCUT2D eigenvalue weighted by molar-refractivity contribution is -0.0328. The van der Waals surface area contributed by atoms with Gasteiger partial charge >= 0.3 is 5.51 Å². The molecule has 9 heteroatoms. The minimum absolute atomic E-state index is 0.0916. The highest BCUT2D eigenvalue weighted by Crippen LogP contribution is 2.31. The van der Waals surface area contributed by atoms with Crippen molar-refractivity contribution in [2.24, 2.45) is 0 Å². The molecule has 0 aliphatic rings. The van der Waals surface area contributed by atoms with E-state index < -0.39 is 17.1 Å². The second kappa shape index (κ2) is 5.77. The van der Waals surface area contributed by atoms with Crippen LogP contribution in [0.4, 0.5) is 22.0 Å². The summed E-state index contributed by atoms with van der Waals surface area (Å²) in [5.74, 6) is -1.88. The number of rotatable bonds is 4. The molecule has 0 spiro atoms. The number of hydrogen-bond acceptors (Lipinski definition) is 2. The van der Waals surface area contributed by atoms with Crippen LogP contribution in [0.25, 0.3) is 11.0 Å². The third-order valence-corrected chi connectivity index (χ3v) is 3.50. The Morgan fingerprint density at radius 1 is 1.25 bits per heavy atom. The highest BCUT2D eigenvalue weighted by Gasteiger charge is 2.28. The van der Waals surface area contributed by atoms with Gasteiger partial charge in [-0.15, -0.1) is 11.6 Å². The molecule has 0 N–H and O–H groups in total. The van der Waals surface area contributed by atoms with Crippen molar-refractivity contribution in [1.82, 2.24) is 9.55 Å². The van der Waals surface area contributed by atoms with Gasteiger partial charge in [-0.2, -0.15) is 13.2 Å². The van der Waals surface area contributed by atoms with Gasteiger partial charge in [0.15, 0.2) is 5.82 Å². The summed E-state index contributed by atoms with van der Waals surface area (Å²) >= 11 is 5.42. The first-order chi connectivity index (χ1) is 9.31. The van der Waals surface area contributed by atoms with E-state index in [2.05, 4.69) is 4.98 Å². The molecule has 0 bridgehead atoms. The van der Waals surface area contributed by atoms with Crippen molar-refractivity contribution in [3.05, 3.63) is 29.6 Å². The summed E-state index contributed by atoms with van der Waals surface area (Å²) in [5.41, 5.74) is -4.35. The maximum Gasteiger partial charge on any atom is 0.441 e. The lowest BCUT2D eigenvalue weighted by Gasteiger charge is -2.09. The molecule has 1 heterocycles. The average molecular weight is 331 g/mol. The molecule has 0 saturated carbocycles. The van der Waals surface area contributed by atoms with E-state index in [1.807, 2.05) is 0 Å². The number of nitrogens with zero attached hydrogens (tertiary/aromatic N) is 2. The van der Waals surface area contributed by atoms with Crippen LogP contribution in [0.2, 0.25) is 0 Å². The zero-order valence-corrected chi connectivity index (χ0v) is 11.4. The molecule has 0 saturated heterocycles. The van der Waals surface area contributed by atoms with Crippen molar-refractivity contribution < 1.29 is 22.0 Å². The van der Waals surface area contributed by atoms with Crippen LogP contribution in [0.3, 0.4) is 0 Å². The first kappa shape index (κ1) is 15.4. The Bertz CT molecular complexity index is 625. The molecule has 0 aliphatic heterocycles. The summed E-state index contributed by atoms with van der Waals surface area (Å²) < 4.78 is 64.3. The fraction of sp³-hybridized carbons (Fsp3) is 0.364. The van der Waals surface area contributed by atoms with E-state index in [1.165, 1.54) is 4.57 Å². The zero-order valence-electron chi connectivity index (χ0n) is 9.85. The molecule has 0 fully saturated rings. The first-order valence-electron chi connectivity index (χ1n) is 5.42. The average Bonchev–Trinajstić information content (AvgIpc) is 2.66. The van der Waals surface area contributed by atoms with E-state index in [0.29, 0.717) is 6.07 Å². The number of aromatic nitrogens is 2. The monoisotopic (exact) mass is 330 g/mol. The second-order valence-electron chi connectivity index (χ2n) is 3.86. The number of aryl methyl sites for hydroxylation is 1. The van der Waals surface area contributed by atoms with E-state index in [-0.39, 0.29) is 46.8 Å². The predicted octanol–water partition coefficient (Wildman–Crippen LogP) is 4.31. The van der Waals surface area contributed by atoms with Crippen LogP contribution in [0, 0.1) is 11.6 Å². The third kappa shape index (κ3) is 3.35. The number of hydrogen-bond donors (Lipinski definition) is 0. The smallest absolute Gasteiger partial charge is 0.326 e. The molecule has 2 rings (SSSR count). The van der Waals surface area contributed by atoms with Gasteiger partial charge in [0.2, 0.25) is 0 Å². The van der Waals surface area contributed by atoms with E-state index in [1.54, 1.807) is 0 Å². The molecule has 1 aromatic carbocycles. The van der Waals surface area contributed by atoms with Crippen LogP contribution < -0.4 is 0 Å². The van der Waals surface area contributed by atoms with E-state index in [4.69, 9.17) is 11.6 Å². The highest BCUT2D eigenvalue weighted by molar-refractivity contribution is 8.00. The van der Waals surface area contributed by atoms with Crippen molar-refractivity contribution in [3.63, 3.8) is 0 Å². The van der Waals surface area contributed by atoms with Crippen molar-refractivity contribution >= 4 is 34.4 Å². The lowest BCUT2D eigenvalue weighted by Crippen LogP contribution is -2.09. The Hall–Kier alpha value is -1.02. The van der Waals surface area contributed by atoms with Crippen molar-refractivity contribution in [1.29, 1.82) is 0 Å². The summed E-state index contributed by atoms with van der Waals surface area (Å²) in [5, 5.41) is 0. The SMILES string of the molecule is Fc1cc(F)c2nc(CCl)n(CCSC(F)(F)F)c2c1. The minimum Gasteiger partial charge on any atom is -0.326 e. The van der Waals surface area contributed by atoms with Gasteiger partial charge in [0.05, 0.1) is 11.4 Å². The fourth-order valence-electron chi connectivity index (χ4n) is 1.80. The first-order valence-corrected chi connectivity index (χ1v) is 6.94. The zero-order chi connectivity index (χ0) is 14.9.